The smallest absolute Gasteiger partial charge is 0.247 e. The Kier molecular flexibility index (Phi) is 5.46. The number of hydrogen-bond donors (Lipinski definition) is 0. The Labute approximate surface area is 140 Å². The van der Waals surface area contributed by atoms with Gasteiger partial charge in [-0.2, -0.15) is 5.26 Å². The molecule has 0 aliphatic rings. The molecule has 0 atom stereocenters. The van der Waals surface area contributed by atoms with E-state index in [4.69, 9.17) is 6.57 Å². The number of rotatable bonds is 5. The Morgan fingerprint density at radius 2 is 2.00 bits per heavy atom. The second-order valence-electron chi connectivity index (χ2n) is 5.07. The summed E-state index contributed by atoms with van der Waals surface area (Å²) in [5, 5.41) is 18.5. The van der Waals surface area contributed by atoms with E-state index in [1.165, 1.54) is 11.3 Å². The first-order valence-corrected chi connectivity index (χ1v) is 8.06. The summed E-state index contributed by atoms with van der Waals surface area (Å²) in [6.07, 6.45) is 1.09. The molecular weight excluding hydrogens is 306 g/mol. The first-order chi connectivity index (χ1) is 11.1. The SMILES string of the molecule is [C-]#[N+]c1sc(N=Nc2ccc(N(C)CCC)cc2)c(C#N)c1C. The Hall–Kier alpha value is -2.70. The largest absolute Gasteiger partial charge is 0.375 e. The zero-order valence-electron chi connectivity index (χ0n) is 13.4. The molecule has 0 N–H and O–H groups in total. The van der Waals surface area contributed by atoms with E-state index >= 15 is 0 Å². The number of hydrogen-bond acceptors (Lipinski definition) is 5. The fraction of sp³-hybridized carbons (Fsp3) is 0.294. The van der Waals surface area contributed by atoms with Crippen LogP contribution in [-0.4, -0.2) is 13.6 Å². The van der Waals surface area contributed by atoms with Crippen molar-refractivity contribution in [2.24, 2.45) is 10.2 Å². The van der Waals surface area contributed by atoms with Gasteiger partial charge in [-0.1, -0.05) is 6.92 Å². The molecule has 0 bridgehead atoms. The lowest BCUT2D eigenvalue weighted by molar-refractivity contribution is 0.852. The summed E-state index contributed by atoms with van der Waals surface area (Å²) < 4.78 is 0. The van der Waals surface area contributed by atoms with Gasteiger partial charge in [0.15, 0.2) is 0 Å². The minimum absolute atomic E-state index is 0.434. The van der Waals surface area contributed by atoms with Gasteiger partial charge < -0.3 is 4.90 Å². The van der Waals surface area contributed by atoms with Crippen molar-refractivity contribution in [1.82, 2.24) is 0 Å². The van der Waals surface area contributed by atoms with E-state index in [1.54, 1.807) is 6.92 Å². The zero-order valence-corrected chi connectivity index (χ0v) is 14.2. The summed E-state index contributed by atoms with van der Waals surface area (Å²) in [6.45, 7) is 12.0. The van der Waals surface area contributed by atoms with Crippen molar-refractivity contribution < 1.29 is 0 Å². The molecule has 0 spiro atoms. The van der Waals surface area contributed by atoms with Crippen molar-refractivity contribution >= 4 is 32.7 Å². The molecule has 2 aromatic rings. The number of benzene rings is 1. The molecule has 0 unspecified atom stereocenters. The average molecular weight is 323 g/mol. The van der Waals surface area contributed by atoms with Crippen LogP contribution in [0.1, 0.15) is 24.5 Å². The summed E-state index contributed by atoms with van der Waals surface area (Å²) in [5.41, 5.74) is 2.96. The van der Waals surface area contributed by atoms with Crippen molar-refractivity contribution in [2.45, 2.75) is 20.3 Å². The van der Waals surface area contributed by atoms with Gasteiger partial charge in [0.05, 0.1) is 17.8 Å². The number of nitrogens with zero attached hydrogens (tertiary/aromatic N) is 5. The molecule has 2 rings (SSSR count). The molecule has 0 fully saturated rings. The van der Waals surface area contributed by atoms with E-state index in [0.29, 0.717) is 21.1 Å². The first-order valence-electron chi connectivity index (χ1n) is 7.24. The number of azo groups is 1. The summed E-state index contributed by atoms with van der Waals surface area (Å²) in [5.74, 6) is 0. The zero-order chi connectivity index (χ0) is 16.8. The predicted molar refractivity (Wildman–Crippen MR) is 94.2 cm³/mol. The summed E-state index contributed by atoms with van der Waals surface area (Å²) >= 11 is 1.20. The van der Waals surface area contributed by atoms with Crippen LogP contribution in [0, 0.1) is 24.8 Å². The molecule has 6 heteroatoms. The summed E-state index contributed by atoms with van der Waals surface area (Å²) in [6, 6.07) is 9.89. The van der Waals surface area contributed by atoms with Gasteiger partial charge in [-0.25, -0.2) is 4.85 Å². The molecule has 116 valence electrons. The van der Waals surface area contributed by atoms with Crippen LogP contribution in [0.2, 0.25) is 0 Å². The van der Waals surface area contributed by atoms with Gasteiger partial charge in [-0.15, -0.1) is 21.6 Å². The number of anilines is 1. The molecule has 0 aliphatic carbocycles. The minimum atomic E-state index is 0.434. The van der Waals surface area contributed by atoms with Gasteiger partial charge in [0, 0.05) is 19.3 Å². The van der Waals surface area contributed by atoms with Gasteiger partial charge in [-0.3, -0.25) is 0 Å². The van der Waals surface area contributed by atoms with Crippen LogP contribution in [0.3, 0.4) is 0 Å². The molecule has 0 saturated heterocycles. The van der Waals surface area contributed by atoms with Crippen molar-refractivity contribution in [3.05, 3.63) is 46.8 Å². The standard InChI is InChI=1S/C17H17N5S/c1-5-10-22(4)14-8-6-13(7-9-14)20-21-17-15(11-18)12(2)16(19-3)23-17/h6-9H,5,10H2,1-2,4H3. The predicted octanol–water partition coefficient (Wildman–Crippen LogP) is 5.74. The topological polar surface area (TPSA) is 56.1 Å². The fourth-order valence-corrected chi connectivity index (χ4v) is 3.00. The van der Waals surface area contributed by atoms with Crippen LogP contribution in [0.5, 0.6) is 0 Å². The maximum atomic E-state index is 9.20. The molecule has 0 aliphatic heterocycles. The van der Waals surface area contributed by atoms with E-state index in [9.17, 15) is 5.26 Å². The Morgan fingerprint density at radius 1 is 1.30 bits per heavy atom. The first kappa shape index (κ1) is 16.7. The molecule has 5 nitrogen and oxygen atoms in total. The molecule has 0 amide bonds. The van der Waals surface area contributed by atoms with Crippen molar-refractivity contribution in [1.29, 1.82) is 5.26 Å². The lowest BCUT2D eigenvalue weighted by atomic mass is 10.2. The van der Waals surface area contributed by atoms with Crippen molar-refractivity contribution in [2.75, 3.05) is 18.5 Å². The summed E-state index contributed by atoms with van der Waals surface area (Å²) in [7, 11) is 2.06. The van der Waals surface area contributed by atoms with Gasteiger partial charge in [-0.05, 0) is 43.2 Å². The van der Waals surface area contributed by atoms with Gasteiger partial charge >= 0.3 is 0 Å². The molecular formula is C17H17N5S. The van der Waals surface area contributed by atoms with Crippen LogP contribution >= 0.6 is 11.3 Å². The highest BCUT2D eigenvalue weighted by atomic mass is 32.1. The molecule has 0 radical (unpaired) electrons. The lowest BCUT2D eigenvalue weighted by Gasteiger charge is -2.17. The molecule has 0 saturated carbocycles. The second-order valence-corrected chi connectivity index (χ2v) is 6.05. The van der Waals surface area contributed by atoms with Gasteiger partial charge in [0.2, 0.25) is 5.00 Å². The monoisotopic (exact) mass is 323 g/mol. The second kappa shape index (κ2) is 7.53. The number of thiophene rings is 1. The highest BCUT2D eigenvalue weighted by Crippen LogP contribution is 2.41. The molecule has 1 aromatic carbocycles. The van der Waals surface area contributed by atoms with Gasteiger partial charge in [0.25, 0.3) is 0 Å². The third-order valence-electron chi connectivity index (χ3n) is 3.42. The minimum Gasteiger partial charge on any atom is -0.375 e. The molecule has 1 heterocycles. The van der Waals surface area contributed by atoms with Gasteiger partial charge in [0.1, 0.15) is 11.1 Å². The van der Waals surface area contributed by atoms with E-state index in [0.717, 1.165) is 24.3 Å². The van der Waals surface area contributed by atoms with Crippen molar-refractivity contribution in [3.63, 3.8) is 0 Å². The van der Waals surface area contributed by atoms with E-state index in [2.05, 4.69) is 40.0 Å². The van der Waals surface area contributed by atoms with Crippen LogP contribution in [0.15, 0.2) is 34.5 Å². The molecule has 1 aromatic heterocycles. The van der Waals surface area contributed by atoms with Crippen LogP contribution < -0.4 is 4.90 Å². The highest BCUT2D eigenvalue weighted by molar-refractivity contribution is 7.20. The number of nitriles is 1. The lowest BCUT2D eigenvalue weighted by Crippen LogP contribution is -2.17. The maximum absolute atomic E-state index is 9.20. The Balaban J connectivity index is 2.21. The summed E-state index contributed by atoms with van der Waals surface area (Å²) in [4.78, 5) is 5.59. The van der Waals surface area contributed by atoms with Crippen LogP contribution in [-0.2, 0) is 0 Å². The quantitative estimate of drug-likeness (QED) is 0.520. The van der Waals surface area contributed by atoms with E-state index in [-0.39, 0.29) is 0 Å². The van der Waals surface area contributed by atoms with E-state index in [1.807, 2.05) is 24.3 Å². The molecule has 23 heavy (non-hydrogen) atoms. The maximum Gasteiger partial charge on any atom is 0.247 e. The fourth-order valence-electron chi connectivity index (χ4n) is 2.14. The third kappa shape index (κ3) is 3.74. The van der Waals surface area contributed by atoms with Crippen LogP contribution in [0.4, 0.5) is 21.4 Å². The average Bonchev–Trinajstić information content (AvgIpc) is 2.88. The Bertz CT molecular complexity index is 790. The van der Waals surface area contributed by atoms with Crippen molar-refractivity contribution in [3.8, 4) is 6.07 Å². The highest BCUT2D eigenvalue weighted by Gasteiger charge is 2.14. The van der Waals surface area contributed by atoms with Crippen LogP contribution in [0.25, 0.3) is 4.85 Å². The third-order valence-corrected chi connectivity index (χ3v) is 4.49. The Morgan fingerprint density at radius 3 is 2.57 bits per heavy atom. The normalized spacial score (nSPS) is 10.5. The van der Waals surface area contributed by atoms with E-state index < -0.39 is 0 Å².